The molecule has 8 heteroatoms. The lowest BCUT2D eigenvalue weighted by atomic mass is 9.85. The molecule has 1 rings (SSSR count). The van der Waals surface area contributed by atoms with Crippen LogP contribution in [0.3, 0.4) is 0 Å². The summed E-state index contributed by atoms with van der Waals surface area (Å²) < 4.78 is 4.75. The third-order valence-electron chi connectivity index (χ3n) is 2.82. The van der Waals surface area contributed by atoms with Crippen molar-refractivity contribution in [3.8, 4) is 5.75 Å². The van der Waals surface area contributed by atoms with E-state index >= 15 is 0 Å². The maximum atomic E-state index is 11.0. The molecule has 19 heavy (non-hydrogen) atoms. The van der Waals surface area contributed by atoms with Crippen molar-refractivity contribution in [1.29, 1.82) is 0 Å². The topological polar surface area (TPSA) is 116 Å². The largest absolute Gasteiger partial charge is 0.485 e. The molecule has 1 aromatic rings. The van der Waals surface area contributed by atoms with Crippen LogP contribution in [0.1, 0.15) is 19.4 Å². The third kappa shape index (κ3) is 2.79. The second kappa shape index (κ2) is 5.19. The minimum Gasteiger partial charge on any atom is -0.485 e. The van der Waals surface area contributed by atoms with Gasteiger partial charge in [0.25, 0.3) is 5.75 Å². The van der Waals surface area contributed by atoms with E-state index in [1.54, 1.807) is 13.8 Å². The van der Waals surface area contributed by atoms with Gasteiger partial charge >= 0.3 is 11.4 Å². The molecular weight excluding hydrogens is 256 g/mol. The summed E-state index contributed by atoms with van der Waals surface area (Å²) in [4.78, 5) is 20.4. The molecule has 0 atom stereocenters. The zero-order valence-electron chi connectivity index (χ0n) is 10.7. The molecule has 1 N–H and O–H groups in total. The van der Waals surface area contributed by atoms with Crippen molar-refractivity contribution in [3.05, 3.63) is 37.9 Å². The van der Waals surface area contributed by atoms with Gasteiger partial charge in [-0.2, -0.15) is 0 Å². The Kier molecular flexibility index (Phi) is 4.05. The minimum atomic E-state index is -0.832. The molecule has 0 heterocycles. The Labute approximate surface area is 108 Å². The minimum absolute atomic E-state index is 0.298. The summed E-state index contributed by atoms with van der Waals surface area (Å²) >= 11 is 0. The van der Waals surface area contributed by atoms with Gasteiger partial charge in [0.15, 0.2) is 0 Å². The summed E-state index contributed by atoms with van der Waals surface area (Å²) in [5.74, 6) is -0.396. The fourth-order valence-corrected chi connectivity index (χ4v) is 1.56. The number of aliphatic hydroxyl groups is 1. The SMILES string of the molecule is COc1c([N+](=O)[O-])cc(C(C)(C)CO)cc1[N+](=O)[O-]. The van der Waals surface area contributed by atoms with Crippen LogP contribution in [0.15, 0.2) is 12.1 Å². The van der Waals surface area contributed by atoms with Crippen LogP contribution >= 0.6 is 0 Å². The maximum absolute atomic E-state index is 11.0. The lowest BCUT2D eigenvalue weighted by Gasteiger charge is -2.22. The van der Waals surface area contributed by atoms with Gasteiger partial charge in [0.2, 0.25) is 0 Å². The summed E-state index contributed by atoms with van der Waals surface area (Å²) in [5.41, 5.74) is -1.52. The van der Waals surface area contributed by atoms with Crippen molar-refractivity contribution < 1.29 is 19.7 Å². The van der Waals surface area contributed by atoms with Crippen molar-refractivity contribution in [2.24, 2.45) is 0 Å². The number of nitrogens with zero attached hydrogens (tertiary/aromatic N) is 2. The highest BCUT2D eigenvalue weighted by Crippen LogP contribution is 2.40. The molecule has 0 aromatic heterocycles. The van der Waals surface area contributed by atoms with Crippen molar-refractivity contribution in [2.75, 3.05) is 13.7 Å². The third-order valence-corrected chi connectivity index (χ3v) is 2.82. The van der Waals surface area contributed by atoms with Gasteiger partial charge in [-0.3, -0.25) is 20.2 Å². The van der Waals surface area contributed by atoms with E-state index < -0.39 is 32.4 Å². The van der Waals surface area contributed by atoms with Crippen LogP contribution in [0, 0.1) is 20.2 Å². The van der Waals surface area contributed by atoms with Crippen LogP contribution in [-0.4, -0.2) is 28.7 Å². The smallest absolute Gasteiger partial charge is 0.318 e. The number of benzene rings is 1. The predicted molar refractivity (Wildman–Crippen MR) is 66.4 cm³/mol. The molecule has 104 valence electrons. The molecule has 0 aliphatic rings. The molecular formula is C11H14N2O6. The van der Waals surface area contributed by atoms with Crippen molar-refractivity contribution in [3.63, 3.8) is 0 Å². The molecule has 0 unspecified atom stereocenters. The van der Waals surface area contributed by atoms with Gasteiger partial charge in [-0.05, 0) is 5.56 Å². The molecule has 0 amide bonds. The van der Waals surface area contributed by atoms with Gasteiger partial charge in [-0.1, -0.05) is 13.8 Å². The Bertz CT molecular complexity index is 491. The van der Waals surface area contributed by atoms with Crippen LogP contribution in [0.25, 0.3) is 0 Å². The van der Waals surface area contributed by atoms with Crippen molar-refractivity contribution in [2.45, 2.75) is 19.3 Å². The zero-order chi connectivity index (χ0) is 14.8. The van der Waals surface area contributed by atoms with Gasteiger partial charge in [0, 0.05) is 17.5 Å². The molecule has 0 aliphatic heterocycles. The quantitative estimate of drug-likeness (QED) is 0.644. The van der Waals surface area contributed by atoms with E-state index in [-0.39, 0.29) is 6.61 Å². The summed E-state index contributed by atoms with van der Waals surface area (Å²) in [6, 6.07) is 2.37. The Balaban J connectivity index is 3.64. The van der Waals surface area contributed by atoms with Crippen LogP contribution in [-0.2, 0) is 5.41 Å². The van der Waals surface area contributed by atoms with Crippen molar-refractivity contribution >= 4 is 11.4 Å². The number of hydrogen-bond donors (Lipinski definition) is 1. The molecule has 0 aliphatic carbocycles. The first-order chi connectivity index (χ1) is 8.74. The number of aliphatic hydroxyl groups excluding tert-OH is 1. The average Bonchev–Trinajstić information content (AvgIpc) is 2.36. The van der Waals surface area contributed by atoms with Crippen LogP contribution in [0.2, 0.25) is 0 Å². The van der Waals surface area contributed by atoms with E-state index in [0.29, 0.717) is 5.56 Å². The van der Waals surface area contributed by atoms with E-state index in [0.717, 1.165) is 7.11 Å². The summed E-state index contributed by atoms with van der Waals surface area (Å²) in [5, 5.41) is 31.2. The highest BCUT2D eigenvalue weighted by atomic mass is 16.6. The molecule has 0 saturated heterocycles. The second-order valence-electron chi connectivity index (χ2n) is 4.60. The predicted octanol–water partition coefficient (Wildman–Crippen LogP) is 1.78. The Morgan fingerprint density at radius 1 is 1.21 bits per heavy atom. The molecule has 0 radical (unpaired) electrons. The van der Waals surface area contributed by atoms with Gasteiger partial charge in [-0.25, -0.2) is 0 Å². The molecule has 8 nitrogen and oxygen atoms in total. The summed E-state index contributed by atoms with van der Waals surface area (Å²) in [6.07, 6.45) is 0. The van der Waals surface area contributed by atoms with E-state index in [1.165, 1.54) is 12.1 Å². The van der Waals surface area contributed by atoms with Gasteiger partial charge in [0.05, 0.1) is 23.6 Å². The number of nitro groups is 2. The monoisotopic (exact) mass is 270 g/mol. The molecule has 0 spiro atoms. The number of hydrogen-bond acceptors (Lipinski definition) is 6. The van der Waals surface area contributed by atoms with Crippen molar-refractivity contribution in [1.82, 2.24) is 0 Å². The number of ether oxygens (including phenoxy) is 1. The van der Waals surface area contributed by atoms with Gasteiger partial charge < -0.3 is 9.84 Å². The maximum Gasteiger partial charge on any atom is 0.318 e. The first-order valence-electron chi connectivity index (χ1n) is 5.36. The number of rotatable bonds is 5. The standard InChI is InChI=1S/C11H14N2O6/c1-11(2,6-14)7-4-8(12(15)16)10(19-3)9(5-7)13(17)18/h4-5,14H,6H2,1-3H3. The molecule has 1 aromatic carbocycles. The average molecular weight is 270 g/mol. The highest BCUT2D eigenvalue weighted by Gasteiger charge is 2.32. The Hall–Kier alpha value is -2.22. The van der Waals surface area contributed by atoms with E-state index in [9.17, 15) is 25.3 Å². The Morgan fingerprint density at radius 3 is 1.89 bits per heavy atom. The van der Waals surface area contributed by atoms with E-state index in [2.05, 4.69) is 0 Å². The lowest BCUT2D eigenvalue weighted by Crippen LogP contribution is -2.22. The highest BCUT2D eigenvalue weighted by molar-refractivity contribution is 5.62. The Morgan fingerprint density at radius 2 is 1.63 bits per heavy atom. The summed E-state index contributed by atoms with van der Waals surface area (Å²) in [7, 11) is 1.13. The van der Waals surface area contributed by atoms with Gasteiger partial charge in [0.1, 0.15) is 0 Å². The second-order valence-corrected chi connectivity index (χ2v) is 4.60. The van der Waals surface area contributed by atoms with Crippen LogP contribution in [0.5, 0.6) is 5.75 Å². The van der Waals surface area contributed by atoms with Gasteiger partial charge in [-0.15, -0.1) is 0 Å². The first kappa shape index (κ1) is 14.8. The van der Waals surface area contributed by atoms with Crippen LogP contribution in [0.4, 0.5) is 11.4 Å². The molecule has 0 fully saturated rings. The summed E-state index contributed by atoms with van der Waals surface area (Å²) in [6.45, 7) is 2.96. The number of nitro benzene ring substituents is 2. The molecule has 0 saturated carbocycles. The fourth-order valence-electron chi connectivity index (χ4n) is 1.56. The molecule has 0 bridgehead atoms. The normalized spacial score (nSPS) is 11.2. The lowest BCUT2D eigenvalue weighted by molar-refractivity contribution is -0.396. The fraction of sp³-hybridized carbons (Fsp3) is 0.455. The zero-order valence-corrected chi connectivity index (χ0v) is 10.7. The van der Waals surface area contributed by atoms with Crippen LogP contribution < -0.4 is 4.74 Å². The number of methoxy groups -OCH3 is 1. The van der Waals surface area contributed by atoms with E-state index in [1.807, 2.05) is 0 Å². The first-order valence-corrected chi connectivity index (χ1v) is 5.36. The van der Waals surface area contributed by atoms with E-state index in [4.69, 9.17) is 4.74 Å².